The van der Waals surface area contributed by atoms with E-state index in [1.54, 1.807) is 21.3 Å². The van der Waals surface area contributed by atoms with Crippen LogP contribution in [0.2, 0.25) is 0 Å². The Labute approximate surface area is 126 Å². The van der Waals surface area contributed by atoms with Crippen LogP contribution in [-0.2, 0) is 13.3 Å². The highest BCUT2D eigenvalue weighted by Crippen LogP contribution is 2.16. The van der Waals surface area contributed by atoms with Gasteiger partial charge in [0.05, 0.1) is 0 Å². The van der Waals surface area contributed by atoms with Crippen LogP contribution < -0.4 is 16.7 Å². The lowest BCUT2D eigenvalue weighted by atomic mass is 10.3. The molecule has 0 saturated carbocycles. The Morgan fingerprint density at radius 2 is 1.33 bits per heavy atom. The normalized spacial score (nSPS) is 10.8. The Balaban J connectivity index is 0.00000220. The van der Waals surface area contributed by atoms with Gasteiger partial charge in [-0.1, -0.05) is 30.3 Å². The third kappa shape index (κ3) is 3.90. The first-order chi connectivity index (χ1) is 9.74. The second-order valence-electron chi connectivity index (χ2n) is 4.24. The Bertz CT molecular complexity index is 539. The number of benzene rings is 2. The van der Waals surface area contributed by atoms with Crippen molar-refractivity contribution in [2.24, 2.45) is 0 Å². The van der Waals surface area contributed by atoms with Crippen molar-refractivity contribution in [3.63, 3.8) is 0 Å². The van der Waals surface area contributed by atoms with Gasteiger partial charge in [-0.25, -0.2) is 0 Å². The molecule has 0 bridgehead atoms. The van der Waals surface area contributed by atoms with E-state index in [-0.39, 0.29) is 6.15 Å². The van der Waals surface area contributed by atoms with Crippen molar-refractivity contribution in [2.75, 3.05) is 26.6 Å². The highest BCUT2D eigenvalue weighted by Gasteiger charge is 2.40. The highest BCUT2D eigenvalue weighted by molar-refractivity contribution is 6.75. The molecule has 2 aromatic carbocycles. The molecule has 0 heterocycles. The van der Waals surface area contributed by atoms with E-state index in [0.29, 0.717) is 0 Å². The molecule has 4 N–H and O–H groups in total. The first-order valence-corrected chi connectivity index (χ1v) is 8.04. The molecule has 0 aliphatic heterocycles. The molecular formula is C15H22N2O3Si. The van der Waals surface area contributed by atoms with E-state index in [0.717, 1.165) is 16.6 Å². The van der Waals surface area contributed by atoms with Crippen LogP contribution >= 0.6 is 0 Å². The third-order valence-corrected chi connectivity index (χ3v) is 5.72. The zero-order valence-electron chi connectivity index (χ0n) is 12.6. The monoisotopic (exact) mass is 306 g/mol. The molecule has 0 fully saturated rings. The van der Waals surface area contributed by atoms with Crippen LogP contribution in [0, 0.1) is 0 Å². The minimum atomic E-state index is -2.78. The Kier molecular flexibility index (Phi) is 6.54. The average molecular weight is 306 g/mol. The van der Waals surface area contributed by atoms with Gasteiger partial charge < -0.3 is 24.7 Å². The van der Waals surface area contributed by atoms with E-state index < -0.39 is 8.80 Å². The summed E-state index contributed by atoms with van der Waals surface area (Å²) >= 11 is 0. The largest absolute Gasteiger partial charge is 0.536 e. The zero-order valence-corrected chi connectivity index (χ0v) is 13.6. The summed E-state index contributed by atoms with van der Waals surface area (Å²) in [6.07, 6.45) is 0. The fourth-order valence-electron chi connectivity index (χ4n) is 2.08. The average Bonchev–Trinajstić information content (AvgIpc) is 2.51. The summed E-state index contributed by atoms with van der Waals surface area (Å²) in [6.45, 7) is 0. The Morgan fingerprint density at radius 3 is 1.90 bits per heavy atom. The van der Waals surface area contributed by atoms with Crippen molar-refractivity contribution in [3.05, 3.63) is 54.6 Å². The van der Waals surface area contributed by atoms with Crippen LogP contribution in [0.15, 0.2) is 54.6 Å². The summed E-state index contributed by atoms with van der Waals surface area (Å²) in [5.41, 5.74) is 2.00. The molecule has 0 radical (unpaired) electrons. The molecule has 2 aromatic rings. The Hall–Kier alpha value is -1.70. The summed E-state index contributed by atoms with van der Waals surface area (Å²) in [5, 5.41) is 4.27. The van der Waals surface area contributed by atoms with Gasteiger partial charge in [0.25, 0.3) is 0 Å². The molecule has 0 aromatic heterocycles. The molecule has 0 atom stereocenters. The van der Waals surface area contributed by atoms with Crippen molar-refractivity contribution in [3.8, 4) is 0 Å². The molecule has 6 heteroatoms. The number of hydrogen-bond acceptors (Lipinski definition) is 5. The fourth-order valence-corrected chi connectivity index (χ4v) is 3.92. The van der Waals surface area contributed by atoms with E-state index in [9.17, 15) is 0 Å². The van der Waals surface area contributed by atoms with E-state index in [1.165, 1.54) is 0 Å². The molecule has 5 nitrogen and oxygen atoms in total. The lowest BCUT2D eigenvalue weighted by Gasteiger charge is -2.25. The second-order valence-corrected chi connectivity index (χ2v) is 7.15. The third-order valence-electron chi connectivity index (χ3n) is 3.08. The summed E-state index contributed by atoms with van der Waals surface area (Å²) in [6, 6.07) is 17.9. The molecule has 0 unspecified atom stereocenters. The predicted molar refractivity (Wildman–Crippen MR) is 87.6 cm³/mol. The highest BCUT2D eigenvalue weighted by atomic mass is 28.4. The predicted octanol–water partition coefficient (Wildman–Crippen LogP) is 2.68. The molecule has 0 saturated heterocycles. The van der Waals surface area contributed by atoms with Crippen LogP contribution in [0.25, 0.3) is 0 Å². The van der Waals surface area contributed by atoms with Gasteiger partial charge in [0.2, 0.25) is 0 Å². The van der Waals surface area contributed by atoms with E-state index in [1.807, 2.05) is 54.6 Å². The zero-order chi connectivity index (χ0) is 14.4. The van der Waals surface area contributed by atoms with Crippen LogP contribution in [0.4, 0.5) is 11.4 Å². The van der Waals surface area contributed by atoms with Gasteiger partial charge >= 0.3 is 8.80 Å². The van der Waals surface area contributed by atoms with Gasteiger partial charge in [-0.3, -0.25) is 0 Å². The topological polar surface area (TPSA) is 74.7 Å². The van der Waals surface area contributed by atoms with Gasteiger partial charge in [0.15, 0.2) is 0 Å². The first-order valence-electron chi connectivity index (χ1n) is 6.32. The summed E-state index contributed by atoms with van der Waals surface area (Å²) in [7, 11) is 2.04. The maximum absolute atomic E-state index is 5.49. The molecule has 0 spiro atoms. The summed E-state index contributed by atoms with van der Waals surface area (Å²) in [5.74, 6) is 0. The number of rotatable bonds is 6. The minimum Gasteiger partial charge on any atom is -0.373 e. The lowest BCUT2D eigenvalue weighted by molar-refractivity contribution is 0.140. The van der Waals surface area contributed by atoms with Crippen molar-refractivity contribution < 1.29 is 13.3 Å². The van der Waals surface area contributed by atoms with Crippen molar-refractivity contribution in [2.45, 2.75) is 0 Å². The smallest absolute Gasteiger partial charge is 0.373 e. The van der Waals surface area contributed by atoms with Crippen LogP contribution in [0.5, 0.6) is 0 Å². The van der Waals surface area contributed by atoms with E-state index >= 15 is 0 Å². The summed E-state index contributed by atoms with van der Waals surface area (Å²) < 4.78 is 16.5. The van der Waals surface area contributed by atoms with Gasteiger partial charge in [-0.2, -0.15) is 0 Å². The lowest BCUT2D eigenvalue weighted by Crippen LogP contribution is -2.54. The number of hydrogen-bond donors (Lipinski definition) is 2. The first kappa shape index (κ1) is 17.3. The standard InChI is InChI=1S/C15H19NO3Si.H3N/c1-17-20(18-2,19-3)15-11-7-10-14(12-15)16-13-8-5-4-6-9-13;/h4-12,16H,1-3H3;1H3. The van der Waals surface area contributed by atoms with Crippen LogP contribution in [0.3, 0.4) is 0 Å². The van der Waals surface area contributed by atoms with Crippen molar-refractivity contribution in [1.29, 1.82) is 0 Å². The van der Waals surface area contributed by atoms with Gasteiger partial charge in [0, 0.05) is 37.9 Å². The molecule has 0 amide bonds. The molecule has 114 valence electrons. The fraction of sp³-hybridized carbons (Fsp3) is 0.200. The van der Waals surface area contributed by atoms with Crippen LogP contribution in [-0.4, -0.2) is 30.1 Å². The second kappa shape index (κ2) is 7.92. The van der Waals surface area contributed by atoms with Crippen molar-refractivity contribution >= 4 is 25.4 Å². The molecular weight excluding hydrogens is 284 g/mol. The van der Waals surface area contributed by atoms with E-state index in [4.69, 9.17) is 13.3 Å². The van der Waals surface area contributed by atoms with Gasteiger partial charge in [-0.05, 0) is 24.3 Å². The SMILES string of the molecule is CO[Si](OC)(OC)c1cccc(Nc2ccccc2)c1.N. The minimum absolute atomic E-state index is 0. The maximum Gasteiger partial charge on any atom is 0.536 e. The Morgan fingerprint density at radius 1 is 0.762 bits per heavy atom. The number of nitrogens with one attached hydrogen (secondary N) is 1. The molecule has 21 heavy (non-hydrogen) atoms. The number of anilines is 2. The number of para-hydroxylation sites is 1. The summed E-state index contributed by atoms with van der Waals surface area (Å²) in [4.78, 5) is 0. The quantitative estimate of drug-likeness (QED) is 0.803. The van der Waals surface area contributed by atoms with Gasteiger partial charge in [-0.15, -0.1) is 0 Å². The van der Waals surface area contributed by atoms with Crippen LogP contribution in [0.1, 0.15) is 0 Å². The molecule has 2 rings (SSSR count). The van der Waals surface area contributed by atoms with E-state index in [2.05, 4.69) is 5.32 Å². The molecule has 0 aliphatic rings. The van der Waals surface area contributed by atoms with Crippen molar-refractivity contribution in [1.82, 2.24) is 6.15 Å². The molecule has 0 aliphatic carbocycles. The maximum atomic E-state index is 5.49. The van der Waals surface area contributed by atoms with Gasteiger partial charge in [0.1, 0.15) is 0 Å².